The van der Waals surface area contributed by atoms with Crippen molar-refractivity contribution in [2.75, 3.05) is 16.8 Å². The van der Waals surface area contributed by atoms with Crippen molar-refractivity contribution in [1.29, 1.82) is 0 Å². The van der Waals surface area contributed by atoms with Gasteiger partial charge in [0.15, 0.2) is 11.6 Å². The number of alkyl halides is 3. The molecule has 3 aromatic carbocycles. The van der Waals surface area contributed by atoms with E-state index in [9.17, 15) is 22.0 Å². The van der Waals surface area contributed by atoms with Gasteiger partial charge in [-0.05, 0) is 23.3 Å². The topological polar surface area (TPSA) is 15.3 Å². The Balaban J connectivity index is 1.66. The van der Waals surface area contributed by atoms with E-state index in [2.05, 4.69) is 5.32 Å². The van der Waals surface area contributed by atoms with Gasteiger partial charge in [0, 0.05) is 25.2 Å². The van der Waals surface area contributed by atoms with Crippen molar-refractivity contribution in [2.24, 2.45) is 0 Å². The fraction of sp³-hybridized carbons (Fsp3) is 0.182. The predicted molar refractivity (Wildman–Crippen MR) is 102 cm³/mol. The summed E-state index contributed by atoms with van der Waals surface area (Å²) in [5.41, 5.74) is 1.80. The summed E-state index contributed by atoms with van der Waals surface area (Å²) in [6.45, 7) is 0.713. The van der Waals surface area contributed by atoms with E-state index in [0.717, 1.165) is 29.8 Å². The summed E-state index contributed by atoms with van der Waals surface area (Å²) in [4.78, 5) is 1.84. The lowest BCUT2D eigenvalue weighted by Gasteiger charge is -2.37. The SMILES string of the molecule is Fc1cc2c(cc1F)N(Cc1ccc(C(F)(F)F)cc1)CC(c1ccccc1)N2. The van der Waals surface area contributed by atoms with Crippen LogP contribution in [0.1, 0.15) is 22.7 Å². The lowest BCUT2D eigenvalue weighted by molar-refractivity contribution is -0.137. The van der Waals surface area contributed by atoms with Gasteiger partial charge >= 0.3 is 6.18 Å². The van der Waals surface area contributed by atoms with Gasteiger partial charge in [-0.25, -0.2) is 8.78 Å². The zero-order chi connectivity index (χ0) is 20.6. The molecule has 3 aromatic rings. The molecule has 0 amide bonds. The molecular weight excluding hydrogens is 387 g/mol. The van der Waals surface area contributed by atoms with Crippen LogP contribution in [-0.4, -0.2) is 6.54 Å². The summed E-state index contributed by atoms with van der Waals surface area (Å²) in [7, 11) is 0. The van der Waals surface area contributed by atoms with Crippen LogP contribution < -0.4 is 10.2 Å². The van der Waals surface area contributed by atoms with E-state index in [1.54, 1.807) is 0 Å². The molecule has 0 saturated heterocycles. The Morgan fingerprint density at radius 2 is 1.55 bits per heavy atom. The van der Waals surface area contributed by atoms with Crippen LogP contribution in [0.2, 0.25) is 0 Å². The highest BCUT2D eigenvalue weighted by Crippen LogP contribution is 2.38. The predicted octanol–water partition coefficient (Wildman–Crippen LogP) is 6.16. The first-order valence-corrected chi connectivity index (χ1v) is 9.03. The molecule has 0 fully saturated rings. The second-order valence-electron chi connectivity index (χ2n) is 6.97. The summed E-state index contributed by atoms with van der Waals surface area (Å²) in [6, 6.07) is 16.4. The molecule has 0 aromatic heterocycles. The Morgan fingerprint density at radius 1 is 0.897 bits per heavy atom. The van der Waals surface area contributed by atoms with Crippen molar-refractivity contribution in [3.8, 4) is 0 Å². The van der Waals surface area contributed by atoms with E-state index in [-0.39, 0.29) is 12.6 Å². The molecule has 0 bridgehead atoms. The molecule has 1 N–H and O–H groups in total. The fourth-order valence-electron chi connectivity index (χ4n) is 3.51. The van der Waals surface area contributed by atoms with Crippen LogP contribution in [0.3, 0.4) is 0 Å². The van der Waals surface area contributed by atoms with Crippen LogP contribution in [-0.2, 0) is 12.7 Å². The third kappa shape index (κ3) is 4.04. The van der Waals surface area contributed by atoms with Gasteiger partial charge in [-0.2, -0.15) is 13.2 Å². The van der Waals surface area contributed by atoms with Crippen LogP contribution in [0.5, 0.6) is 0 Å². The zero-order valence-corrected chi connectivity index (χ0v) is 15.2. The number of hydrogen-bond donors (Lipinski definition) is 1. The molecule has 1 aliphatic heterocycles. The van der Waals surface area contributed by atoms with Crippen molar-refractivity contribution < 1.29 is 22.0 Å². The third-order valence-corrected chi connectivity index (χ3v) is 4.97. The molecule has 0 aliphatic carbocycles. The number of anilines is 2. The maximum atomic E-state index is 13.9. The van der Waals surface area contributed by atoms with Crippen molar-refractivity contribution in [2.45, 2.75) is 18.8 Å². The van der Waals surface area contributed by atoms with Crippen molar-refractivity contribution >= 4 is 11.4 Å². The standard InChI is InChI=1S/C22H17F5N2/c23-17-10-19-21(11-18(17)24)29(13-20(28-19)15-4-2-1-3-5-15)12-14-6-8-16(9-7-14)22(25,26)27/h1-11,20,28H,12-13H2. The molecule has 29 heavy (non-hydrogen) atoms. The quantitative estimate of drug-likeness (QED) is 0.526. The molecule has 4 rings (SSSR count). The van der Waals surface area contributed by atoms with Gasteiger partial charge in [0.25, 0.3) is 0 Å². The van der Waals surface area contributed by atoms with Crippen molar-refractivity contribution in [3.63, 3.8) is 0 Å². The van der Waals surface area contributed by atoms with Crippen molar-refractivity contribution in [3.05, 3.63) is 95.1 Å². The van der Waals surface area contributed by atoms with Crippen LogP contribution in [0.25, 0.3) is 0 Å². The summed E-state index contributed by atoms with van der Waals surface area (Å²) >= 11 is 0. The summed E-state index contributed by atoms with van der Waals surface area (Å²) in [6.07, 6.45) is -4.40. The summed E-state index contributed by atoms with van der Waals surface area (Å²) in [5.74, 6) is -1.93. The Kier molecular flexibility index (Phi) is 4.90. The van der Waals surface area contributed by atoms with E-state index < -0.39 is 23.4 Å². The second-order valence-corrected chi connectivity index (χ2v) is 6.97. The van der Waals surface area contributed by atoms with Crippen LogP contribution >= 0.6 is 0 Å². The van der Waals surface area contributed by atoms with E-state index in [1.165, 1.54) is 12.1 Å². The largest absolute Gasteiger partial charge is 0.416 e. The lowest BCUT2D eigenvalue weighted by Crippen LogP contribution is -2.36. The Bertz CT molecular complexity index is 1000. The number of halogens is 5. The zero-order valence-electron chi connectivity index (χ0n) is 15.2. The van der Waals surface area contributed by atoms with Gasteiger partial charge in [0.2, 0.25) is 0 Å². The maximum absolute atomic E-state index is 13.9. The summed E-state index contributed by atoms with van der Waals surface area (Å²) < 4.78 is 66.1. The van der Waals surface area contributed by atoms with E-state index in [4.69, 9.17) is 0 Å². The molecule has 0 saturated carbocycles. The molecule has 1 heterocycles. The first-order valence-electron chi connectivity index (χ1n) is 9.03. The van der Waals surface area contributed by atoms with Gasteiger partial charge in [0.05, 0.1) is 23.0 Å². The van der Waals surface area contributed by atoms with E-state index in [0.29, 0.717) is 23.5 Å². The number of hydrogen-bond acceptors (Lipinski definition) is 2. The Labute approximate surface area is 164 Å². The molecule has 2 nitrogen and oxygen atoms in total. The molecule has 150 valence electrons. The number of rotatable bonds is 3. The second kappa shape index (κ2) is 7.39. The minimum atomic E-state index is -4.40. The fourth-order valence-corrected chi connectivity index (χ4v) is 3.51. The summed E-state index contributed by atoms with van der Waals surface area (Å²) in [5, 5.41) is 3.23. The number of nitrogens with zero attached hydrogens (tertiary/aromatic N) is 1. The van der Waals surface area contributed by atoms with Gasteiger partial charge in [-0.3, -0.25) is 0 Å². The van der Waals surface area contributed by atoms with E-state index >= 15 is 0 Å². The molecule has 0 radical (unpaired) electrons. The highest BCUT2D eigenvalue weighted by atomic mass is 19.4. The molecule has 1 aliphatic rings. The molecule has 1 unspecified atom stereocenters. The van der Waals surface area contributed by atoms with Gasteiger partial charge in [-0.1, -0.05) is 42.5 Å². The maximum Gasteiger partial charge on any atom is 0.416 e. The lowest BCUT2D eigenvalue weighted by atomic mass is 10.0. The normalized spacial score (nSPS) is 16.3. The smallest absolute Gasteiger partial charge is 0.375 e. The molecule has 1 atom stereocenters. The van der Waals surface area contributed by atoms with Gasteiger partial charge in [0.1, 0.15) is 0 Å². The highest BCUT2D eigenvalue weighted by molar-refractivity contribution is 5.73. The highest BCUT2D eigenvalue weighted by Gasteiger charge is 2.30. The van der Waals surface area contributed by atoms with Crippen LogP contribution in [0.15, 0.2) is 66.7 Å². The third-order valence-electron chi connectivity index (χ3n) is 4.97. The van der Waals surface area contributed by atoms with E-state index in [1.807, 2.05) is 35.2 Å². The van der Waals surface area contributed by atoms with Crippen LogP contribution in [0.4, 0.5) is 33.3 Å². The average Bonchev–Trinajstić information content (AvgIpc) is 2.69. The molecular formula is C22H17F5N2. The van der Waals surface area contributed by atoms with Crippen molar-refractivity contribution in [1.82, 2.24) is 0 Å². The number of fused-ring (bicyclic) bond motifs is 1. The first kappa shape index (κ1) is 19.2. The number of nitrogens with one attached hydrogen (secondary N) is 1. The molecule has 0 spiro atoms. The Morgan fingerprint density at radius 3 is 2.21 bits per heavy atom. The van der Waals surface area contributed by atoms with Crippen LogP contribution in [0, 0.1) is 11.6 Å². The number of benzene rings is 3. The first-order chi connectivity index (χ1) is 13.8. The van der Waals surface area contributed by atoms with Gasteiger partial charge < -0.3 is 10.2 Å². The average molecular weight is 404 g/mol. The minimum Gasteiger partial charge on any atom is -0.375 e. The monoisotopic (exact) mass is 404 g/mol. The molecule has 7 heteroatoms. The minimum absolute atomic E-state index is 0.178. The van der Waals surface area contributed by atoms with Gasteiger partial charge in [-0.15, -0.1) is 0 Å². The Hall–Kier alpha value is -3.09.